The van der Waals surface area contributed by atoms with E-state index in [1.165, 1.54) is 21.8 Å². The molecule has 10 atom stereocenters. The number of ether oxygens (including phenoxy) is 3. The quantitative estimate of drug-likeness (QED) is 0.126. The van der Waals surface area contributed by atoms with E-state index in [9.17, 15) is 24.0 Å². The van der Waals surface area contributed by atoms with Gasteiger partial charge in [0.05, 0.1) is 25.9 Å². The third-order valence-electron chi connectivity index (χ3n) is 7.09. The molecule has 6 rings (SSSR count). The van der Waals surface area contributed by atoms with E-state index in [1.54, 1.807) is 0 Å². The van der Waals surface area contributed by atoms with E-state index in [2.05, 4.69) is 29.9 Å². The van der Waals surface area contributed by atoms with E-state index < -0.39 is 84.6 Å². The molecule has 244 valence electrons. The Bertz CT molecular complexity index is 1770. The first-order chi connectivity index (χ1) is 21.5. The lowest BCUT2D eigenvalue weighted by molar-refractivity contribution is -0.0662. The normalized spacial score (nSPS) is 30.7. The lowest BCUT2D eigenvalue weighted by Gasteiger charge is -2.24. The number of hydrogen-bond acceptors (Lipinski definition) is 16. The zero-order chi connectivity index (χ0) is 32.0. The molecule has 24 heteroatoms. The summed E-state index contributed by atoms with van der Waals surface area (Å²) >= 11 is 0. The Morgan fingerprint density at radius 3 is 2.00 bits per heavy atom. The Morgan fingerprint density at radius 1 is 0.911 bits per heavy atom. The highest BCUT2D eigenvalue weighted by atomic mass is 31.2. The van der Waals surface area contributed by atoms with Gasteiger partial charge in [-0.25, -0.2) is 43.2 Å². The maximum absolute atomic E-state index is 15.6. The number of nitrogen functional groups attached to an aromatic ring is 2. The number of phosphoric acid groups is 1. The number of fused-ring (bicyclic) bond motifs is 2. The molecular formula is C21H26F2N10O10P2. The van der Waals surface area contributed by atoms with Gasteiger partial charge in [-0.15, -0.1) is 0 Å². The summed E-state index contributed by atoms with van der Waals surface area (Å²) in [6.07, 6.45) is -9.54. The van der Waals surface area contributed by atoms with Gasteiger partial charge in [0.15, 0.2) is 47.7 Å². The molecule has 0 spiro atoms. The number of phosphoric ester groups is 1. The second-order valence-electron chi connectivity index (χ2n) is 9.87. The van der Waals surface area contributed by atoms with Gasteiger partial charge in [0.25, 0.3) is 0 Å². The van der Waals surface area contributed by atoms with Crippen molar-refractivity contribution < 1.29 is 56.1 Å². The smallest absolute Gasteiger partial charge is 0.394 e. The van der Waals surface area contributed by atoms with Crippen LogP contribution in [0.3, 0.4) is 0 Å². The minimum absolute atomic E-state index is 0.00454. The monoisotopic (exact) mass is 678 g/mol. The fraction of sp³-hybridized carbons (Fsp3) is 0.524. The first kappa shape index (κ1) is 31.7. The lowest BCUT2D eigenvalue weighted by Crippen LogP contribution is -2.33. The van der Waals surface area contributed by atoms with E-state index in [4.69, 9.17) is 34.7 Å². The van der Waals surface area contributed by atoms with Crippen LogP contribution in [0.2, 0.25) is 0 Å². The number of nitrogens with two attached hydrogens (primary N) is 2. The summed E-state index contributed by atoms with van der Waals surface area (Å²) in [6, 6.07) is 0. The molecule has 2 aliphatic rings. The van der Waals surface area contributed by atoms with Crippen LogP contribution < -0.4 is 11.5 Å². The maximum Gasteiger partial charge on any atom is 0.472 e. The van der Waals surface area contributed by atoms with Gasteiger partial charge in [0.1, 0.15) is 54.5 Å². The number of nitrogens with zero attached hydrogens (tertiary/aromatic N) is 8. The van der Waals surface area contributed by atoms with Crippen LogP contribution in [0.4, 0.5) is 20.4 Å². The summed E-state index contributed by atoms with van der Waals surface area (Å²) in [5.41, 5.74) is 12.1. The van der Waals surface area contributed by atoms with Gasteiger partial charge in [-0.2, -0.15) is 0 Å². The first-order valence-corrected chi connectivity index (χ1v) is 16.1. The number of aromatic nitrogens is 8. The summed E-state index contributed by atoms with van der Waals surface area (Å²) in [7, 11) is -8.39. The van der Waals surface area contributed by atoms with Crippen molar-refractivity contribution in [3.63, 3.8) is 0 Å². The van der Waals surface area contributed by atoms with Gasteiger partial charge in [-0.05, 0) is 0 Å². The van der Waals surface area contributed by atoms with Crippen LogP contribution in [0.25, 0.3) is 22.3 Å². The van der Waals surface area contributed by atoms with Crippen molar-refractivity contribution in [2.24, 2.45) is 0 Å². The molecule has 6 unspecified atom stereocenters. The molecule has 2 saturated heterocycles. The van der Waals surface area contributed by atoms with Crippen molar-refractivity contribution in [2.75, 3.05) is 31.0 Å². The predicted octanol–water partition coefficient (Wildman–Crippen LogP) is -0.394. The Kier molecular flexibility index (Phi) is 8.78. The Labute approximate surface area is 250 Å². The van der Waals surface area contributed by atoms with Crippen molar-refractivity contribution in [3.05, 3.63) is 25.3 Å². The van der Waals surface area contributed by atoms with Gasteiger partial charge in [0.2, 0.25) is 8.03 Å². The largest absolute Gasteiger partial charge is 0.472 e. The molecule has 6 heterocycles. The van der Waals surface area contributed by atoms with E-state index >= 15 is 8.78 Å². The molecule has 4 aromatic heterocycles. The number of alkyl halides is 2. The summed E-state index contributed by atoms with van der Waals surface area (Å²) in [4.78, 5) is 43.7. The number of halogens is 2. The summed E-state index contributed by atoms with van der Waals surface area (Å²) < 4.78 is 84.6. The van der Waals surface area contributed by atoms with E-state index in [-0.39, 0.29) is 34.0 Å². The third kappa shape index (κ3) is 6.01. The van der Waals surface area contributed by atoms with Gasteiger partial charge in [-0.3, -0.25) is 22.7 Å². The fourth-order valence-corrected chi connectivity index (χ4v) is 6.30. The Balaban J connectivity index is 1.20. The molecule has 0 aliphatic carbocycles. The van der Waals surface area contributed by atoms with Crippen LogP contribution in [0.15, 0.2) is 25.3 Å². The summed E-state index contributed by atoms with van der Waals surface area (Å²) in [5.74, 6) is 0.0259. The van der Waals surface area contributed by atoms with Crippen molar-refractivity contribution in [3.8, 4) is 0 Å². The summed E-state index contributed by atoms with van der Waals surface area (Å²) in [5, 5.41) is 9.61. The summed E-state index contributed by atoms with van der Waals surface area (Å²) in [6.45, 7) is -1.72. The van der Waals surface area contributed by atoms with Crippen LogP contribution in [-0.2, 0) is 32.4 Å². The molecule has 45 heavy (non-hydrogen) atoms. The number of aliphatic hydroxyl groups is 1. The highest BCUT2D eigenvalue weighted by Gasteiger charge is 2.52. The van der Waals surface area contributed by atoms with Crippen LogP contribution in [0, 0.1) is 0 Å². The molecule has 2 aliphatic heterocycles. The second-order valence-corrected chi connectivity index (χ2v) is 12.4. The highest BCUT2D eigenvalue weighted by Crippen LogP contribution is 2.51. The predicted molar refractivity (Wildman–Crippen MR) is 146 cm³/mol. The minimum Gasteiger partial charge on any atom is -0.394 e. The van der Waals surface area contributed by atoms with Gasteiger partial charge in [-0.1, -0.05) is 0 Å². The van der Waals surface area contributed by atoms with Crippen LogP contribution in [0.1, 0.15) is 12.5 Å². The Hall–Kier alpha value is -3.30. The SMILES string of the molecule is Nc1ncnc2c1ncn2[C@@H]1O[C@H](COP(=O)(O)OC2C(F)[C@@H](CO)O[C@H]2n2cnc3c(N)ncnc32)C(F)C1OC[PH](=O)O. The number of anilines is 2. The van der Waals surface area contributed by atoms with Crippen molar-refractivity contribution in [2.45, 2.75) is 49.2 Å². The number of rotatable bonds is 11. The van der Waals surface area contributed by atoms with Gasteiger partial charge < -0.3 is 40.6 Å². The number of hydrogen-bond donors (Lipinski definition) is 5. The zero-order valence-corrected chi connectivity index (χ0v) is 24.6. The molecule has 0 radical (unpaired) electrons. The molecular weight excluding hydrogens is 652 g/mol. The first-order valence-electron chi connectivity index (χ1n) is 13.0. The topological polar surface area (TPSA) is 280 Å². The third-order valence-corrected chi connectivity index (χ3v) is 8.49. The average Bonchev–Trinajstić information content (AvgIpc) is 3.76. The molecule has 2 fully saturated rings. The maximum atomic E-state index is 15.6. The second kappa shape index (κ2) is 12.5. The molecule has 4 aromatic rings. The standard InChI is InChI=1S/C21H26F2N10O10P2/c22-10-8(1-34)41-21(33-6-31-13-17(25)27-4-29-19(13)33)15(10)43-45(37,38)40-2-9-11(23)14(39-7-44(35)36)20(42-9)32-5-30-12-16(24)26-3-28-18(12)32/h3-6,8-11,14-15,20-21,34,44H,1-2,7H2,(H,35,36)(H,37,38)(H2,24,26,28)(H2,25,27,29)/t8-,9-,10?,11?,14?,15?,20-,21-/m1/s1. The van der Waals surface area contributed by atoms with E-state index in [1.807, 2.05) is 0 Å². The molecule has 0 amide bonds. The van der Waals surface area contributed by atoms with Crippen molar-refractivity contribution >= 4 is 49.8 Å². The molecule has 0 aromatic carbocycles. The van der Waals surface area contributed by atoms with Crippen molar-refractivity contribution in [1.29, 1.82) is 0 Å². The van der Waals surface area contributed by atoms with E-state index in [0.717, 1.165) is 12.7 Å². The number of aliphatic hydroxyl groups excluding tert-OH is 1. The lowest BCUT2D eigenvalue weighted by atomic mass is 10.1. The van der Waals surface area contributed by atoms with Crippen LogP contribution in [-0.4, -0.2) is 110 Å². The fourth-order valence-electron chi connectivity index (χ4n) is 5.04. The van der Waals surface area contributed by atoms with Crippen molar-refractivity contribution in [1.82, 2.24) is 39.0 Å². The molecule has 20 nitrogen and oxygen atoms in total. The minimum atomic E-state index is -5.20. The van der Waals surface area contributed by atoms with Gasteiger partial charge in [0, 0.05) is 0 Å². The number of imidazole rings is 2. The average molecular weight is 678 g/mol. The Morgan fingerprint density at radius 2 is 1.44 bits per heavy atom. The zero-order valence-electron chi connectivity index (χ0n) is 22.7. The van der Waals surface area contributed by atoms with Crippen LogP contribution in [0.5, 0.6) is 0 Å². The molecule has 0 saturated carbocycles. The molecule has 7 N–H and O–H groups in total. The molecule has 0 bridgehead atoms. The van der Waals surface area contributed by atoms with Crippen LogP contribution >= 0.6 is 15.9 Å². The van der Waals surface area contributed by atoms with E-state index in [0.29, 0.717) is 0 Å². The van der Waals surface area contributed by atoms with Gasteiger partial charge >= 0.3 is 7.82 Å². The highest BCUT2D eigenvalue weighted by molar-refractivity contribution is 7.47.